The highest BCUT2D eigenvalue weighted by atomic mass is 14.8. The van der Waals surface area contributed by atoms with Gasteiger partial charge in [-0.3, -0.25) is 9.97 Å². The van der Waals surface area contributed by atoms with Crippen LogP contribution < -0.4 is 10.4 Å². The van der Waals surface area contributed by atoms with Gasteiger partial charge in [-0.05, 0) is 24.3 Å². The molecule has 7 nitrogen and oxygen atoms in total. The fourth-order valence-electron chi connectivity index (χ4n) is 2.43. The number of nitrogens with zero attached hydrogens (tertiary/aromatic N) is 7. The molecule has 0 bridgehead atoms. The van der Waals surface area contributed by atoms with Crippen LogP contribution in [0.15, 0.2) is 42.7 Å². The van der Waals surface area contributed by atoms with E-state index in [1.807, 2.05) is 24.3 Å². The van der Waals surface area contributed by atoms with Gasteiger partial charge in [-0.1, -0.05) is 6.07 Å². The minimum atomic E-state index is -0.135. The van der Waals surface area contributed by atoms with Crippen molar-refractivity contribution in [3.05, 3.63) is 53.2 Å². The fraction of sp³-hybridized carbons (Fsp3) is 0. The molecule has 2 aromatic heterocycles. The van der Waals surface area contributed by atoms with Crippen LogP contribution in [0, 0.1) is 45.3 Å². The number of rotatable bonds is 1. The molecule has 0 saturated carbocycles. The zero-order valence-electron chi connectivity index (χ0n) is 13.2. The molecular formula is C19H7N7. The second-order valence-electron chi connectivity index (χ2n) is 5.03. The number of pyridine rings is 1. The van der Waals surface area contributed by atoms with E-state index in [9.17, 15) is 10.5 Å². The average Bonchev–Trinajstić information content (AvgIpc) is 2.71. The summed E-state index contributed by atoms with van der Waals surface area (Å²) in [4.78, 5) is 13.0. The maximum Gasteiger partial charge on any atom is 0.139 e. The third-order valence-corrected chi connectivity index (χ3v) is 3.61. The molecule has 2 heterocycles. The summed E-state index contributed by atoms with van der Waals surface area (Å²) in [6, 6.07) is 15.6. The van der Waals surface area contributed by atoms with Crippen molar-refractivity contribution >= 4 is 22.2 Å². The summed E-state index contributed by atoms with van der Waals surface area (Å²) < 4.78 is 0. The molecule has 0 saturated heterocycles. The summed E-state index contributed by atoms with van der Waals surface area (Å²) in [5.41, 5.74) is 1.28. The lowest BCUT2D eigenvalue weighted by Crippen LogP contribution is -2.18. The molecule has 118 valence electrons. The van der Waals surface area contributed by atoms with E-state index in [4.69, 9.17) is 10.5 Å². The Balaban J connectivity index is 2.56. The highest BCUT2D eigenvalue weighted by Gasteiger charge is 2.10. The highest BCUT2D eigenvalue weighted by molar-refractivity contribution is 5.88. The molecule has 26 heavy (non-hydrogen) atoms. The van der Waals surface area contributed by atoms with Gasteiger partial charge in [-0.25, -0.2) is 4.98 Å². The highest BCUT2D eigenvalue weighted by Crippen LogP contribution is 2.14. The second kappa shape index (κ2) is 6.89. The summed E-state index contributed by atoms with van der Waals surface area (Å²) in [5, 5.41) is 37.3. The molecule has 0 aliphatic rings. The Bertz CT molecular complexity index is 1280. The van der Waals surface area contributed by atoms with E-state index in [1.54, 1.807) is 24.4 Å². The van der Waals surface area contributed by atoms with Crippen LogP contribution in [-0.2, 0) is 0 Å². The Morgan fingerprint density at radius 1 is 0.692 bits per heavy atom. The first-order valence-electron chi connectivity index (χ1n) is 7.29. The van der Waals surface area contributed by atoms with E-state index in [2.05, 4.69) is 15.0 Å². The van der Waals surface area contributed by atoms with E-state index < -0.39 is 0 Å². The fourth-order valence-corrected chi connectivity index (χ4v) is 2.43. The second-order valence-corrected chi connectivity index (χ2v) is 5.03. The Labute approximate surface area is 147 Å². The van der Waals surface area contributed by atoms with Crippen LogP contribution in [0.3, 0.4) is 0 Å². The van der Waals surface area contributed by atoms with Gasteiger partial charge in [0.1, 0.15) is 41.1 Å². The van der Waals surface area contributed by atoms with Gasteiger partial charge in [0.15, 0.2) is 0 Å². The van der Waals surface area contributed by atoms with Crippen molar-refractivity contribution in [2.75, 3.05) is 0 Å². The maximum absolute atomic E-state index is 9.22. The smallest absolute Gasteiger partial charge is 0.139 e. The SMILES string of the molecule is N#CC(C#N)=c1ccc(=C(C#N)C#N)c2nc(-c3ccccn3)cnc12. The van der Waals surface area contributed by atoms with Crippen LogP contribution in [0.5, 0.6) is 0 Å². The summed E-state index contributed by atoms with van der Waals surface area (Å²) in [6.45, 7) is 0. The summed E-state index contributed by atoms with van der Waals surface area (Å²) >= 11 is 0. The zero-order valence-corrected chi connectivity index (χ0v) is 13.2. The number of nitriles is 4. The standard InChI is InChI=1S/C19H7N7/c20-7-12(8-21)14-4-5-15(13(9-22)10-23)19-18(14)25-11-17(26-19)16-3-1-2-6-24-16/h1-6,11H. The Morgan fingerprint density at radius 3 is 1.85 bits per heavy atom. The number of aromatic nitrogens is 3. The molecule has 1 aromatic carbocycles. The van der Waals surface area contributed by atoms with Crippen LogP contribution in [-0.4, -0.2) is 15.0 Å². The van der Waals surface area contributed by atoms with Crippen LogP contribution in [0.2, 0.25) is 0 Å². The first kappa shape index (κ1) is 16.3. The van der Waals surface area contributed by atoms with E-state index in [-0.39, 0.29) is 27.4 Å². The lowest BCUT2D eigenvalue weighted by molar-refractivity contribution is 1.22. The van der Waals surface area contributed by atoms with Gasteiger partial charge in [-0.2, -0.15) is 21.0 Å². The van der Waals surface area contributed by atoms with Crippen molar-refractivity contribution in [2.45, 2.75) is 0 Å². The molecule has 3 aromatic rings. The van der Waals surface area contributed by atoms with E-state index in [1.165, 1.54) is 18.3 Å². The molecule has 0 radical (unpaired) electrons. The van der Waals surface area contributed by atoms with Crippen LogP contribution in [0.1, 0.15) is 0 Å². The number of fused-ring (bicyclic) bond motifs is 1. The average molecular weight is 333 g/mol. The lowest BCUT2D eigenvalue weighted by Gasteiger charge is -2.04. The van der Waals surface area contributed by atoms with Crippen molar-refractivity contribution in [3.63, 3.8) is 0 Å². The van der Waals surface area contributed by atoms with Gasteiger partial charge >= 0.3 is 0 Å². The summed E-state index contributed by atoms with van der Waals surface area (Å²) in [7, 11) is 0. The normalized spacial score (nSPS) is 9.38. The molecule has 0 N–H and O–H groups in total. The lowest BCUT2D eigenvalue weighted by atomic mass is 10.1. The quantitative estimate of drug-likeness (QED) is 0.650. The molecule has 0 amide bonds. The number of benzene rings is 1. The molecule has 3 rings (SSSR count). The Morgan fingerprint density at radius 2 is 1.31 bits per heavy atom. The topological polar surface area (TPSA) is 134 Å². The molecule has 0 atom stereocenters. The van der Waals surface area contributed by atoms with Crippen molar-refractivity contribution in [2.24, 2.45) is 0 Å². The Kier molecular flexibility index (Phi) is 4.31. The third-order valence-electron chi connectivity index (χ3n) is 3.61. The van der Waals surface area contributed by atoms with Gasteiger partial charge < -0.3 is 0 Å². The van der Waals surface area contributed by atoms with Gasteiger partial charge in [0.25, 0.3) is 0 Å². The monoisotopic (exact) mass is 333 g/mol. The van der Waals surface area contributed by atoms with Crippen molar-refractivity contribution < 1.29 is 0 Å². The third kappa shape index (κ3) is 2.69. The molecule has 0 spiro atoms. The van der Waals surface area contributed by atoms with Crippen LogP contribution >= 0.6 is 0 Å². The van der Waals surface area contributed by atoms with Crippen molar-refractivity contribution in [1.82, 2.24) is 15.0 Å². The van der Waals surface area contributed by atoms with E-state index >= 15 is 0 Å². The van der Waals surface area contributed by atoms with Gasteiger partial charge in [0, 0.05) is 16.6 Å². The van der Waals surface area contributed by atoms with Crippen molar-refractivity contribution in [1.29, 1.82) is 21.0 Å². The summed E-state index contributed by atoms with van der Waals surface area (Å²) in [5.74, 6) is 0. The van der Waals surface area contributed by atoms with E-state index in [0.717, 1.165) is 0 Å². The molecule has 0 unspecified atom stereocenters. The molecular weight excluding hydrogens is 326 g/mol. The van der Waals surface area contributed by atoms with E-state index in [0.29, 0.717) is 16.6 Å². The summed E-state index contributed by atoms with van der Waals surface area (Å²) in [6.07, 6.45) is 3.08. The van der Waals surface area contributed by atoms with Gasteiger partial charge in [0.05, 0.1) is 22.9 Å². The Hall–Kier alpha value is -4.59. The number of hydrogen-bond acceptors (Lipinski definition) is 7. The molecule has 0 aliphatic heterocycles. The molecule has 7 heteroatoms. The molecule has 0 fully saturated rings. The van der Waals surface area contributed by atoms with Gasteiger partial charge in [-0.15, -0.1) is 0 Å². The van der Waals surface area contributed by atoms with Crippen LogP contribution in [0.4, 0.5) is 0 Å². The molecule has 0 aliphatic carbocycles. The minimum absolute atomic E-state index is 0.128. The predicted octanol–water partition coefficient (Wildman–Crippen LogP) is 1.09. The first-order valence-corrected chi connectivity index (χ1v) is 7.29. The largest absolute Gasteiger partial charge is 0.255 e. The number of hydrogen-bond donors (Lipinski definition) is 0. The first-order chi connectivity index (χ1) is 12.7. The van der Waals surface area contributed by atoms with Crippen molar-refractivity contribution in [3.8, 4) is 35.7 Å². The van der Waals surface area contributed by atoms with Crippen LogP contribution in [0.25, 0.3) is 33.6 Å². The minimum Gasteiger partial charge on any atom is -0.255 e. The maximum atomic E-state index is 9.22. The predicted molar refractivity (Wildman–Crippen MR) is 91.3 cm³/mol. The van der Waals surface area contributed by atoms with Gasteiger partial charge in [0.2, 0.25) is 0 Å². The zero-order chi connectivity index (χ0) is 18.5.